The second-order valence-corrected chi connectivity index (χ2v) is 7.02. The van der Waals surface area contributed by atoms with Gasteiger partial charge in [-0.15, -0.1) is 0 Å². The summed E-state index contributed by atoms with van der Waals surface area (Å²) in [5, 5.41) is 47.1. The molecule has 0 spiro atoms. The maximum atomic E-state index is 10.5. The van der Waals surface area contributed by atoms with E-state index < -0.39 is 24.4 Å². The third kappa shape index (κ3) is 2.04. The van der Waals surface area contributed by atoms with E-state index in [4.69, 9.17) is 0 Å². The topological polar surface area (TPSA) is 80.9 Å². The molecule has 1 aliphatic rings. The van der Waals surface area contributed by atoms with Gasteiger partial charge in [-0.1, -0.05) is 48.5 Å². The lowest BCUT2D eigenvalue weighted by Crippen LogP contribution is -2.41. The van der Waals surface area contributed by atoms with Crippen molar-refractivity contribution in [3.05, 3.63) is 71.8 Å². The van der Waals surface area contributed by atoms with Gasteiger partial charge in [-0.05, 0) is 55.6 Å². The Bertz CT molecular complexity index is 1170. The first-order valence-corrected chi connectivity index (χ1v) is 8.66. The molecular weight excluding hydrogens is 328 g/mol. The molecule has 1 aliphatic carbocycles. The Morgan fingerprint density at radius 1 is 0.538 bits per heavy atom. The van der Waals surface area contributed by atoms with E-state index in [0.717, 1.165) is 32.3 Å². The standard InChI is InChI=1S/C22H18O4/c23-19-15-8-7-13-9-16-12(6-5-11-3-1-2-4-14(11)16)10-17(13)18(15)20(24)22(26)21(19)25/h1-10,19-26H. The number of aliphatic hydroxyl groups excluding tert-OH is 4. The fraction of sp³-hybridized carbons (Fsp3) is 0.182. The Morgan fingerprint density at radius 2 is 1.15 bits per heavy atom. The summed E-state index contributed by atoms with van der Waals surface area (Å²) in [6.07, 6.45) is -5.29. The first-order chi connectivity index (χ1) is 12.6. The Balaban J connectivity index is 1.88. The molecule has 0 aromatic heterocycles. The van der Waals surface area contributed by atoms with Crippen molar-refractivity contribution in [2.75, 3.05) is 0 Å². The van der Waals surface area contributed by atoms with Crippen LogP contribution in [-0.4, -0.2) is 32.6 Å². The van der Waals surface area contributed by atoms with Crippen LogP contribution < -0.4 is 0 Å². The van der Waals surface area contributed by atoms with E-state index in [-0.39, 0.29) is 0 Å². The smallest absolute Gasteiger partial charge is 0.113 e. The van der Waals surface area contributed by atoms with Gasteiger partial charge in [0.05, 0.1) is 0 Å². The van der Waals surface area contributed by atoms with Crippen molar-refractivity contribution in [3.63, 3.8) is 0 Å². The number of hydrogen-bond acceptors (Lipinski definition) is 4. The Labute approximate surface area is 149 Å². The molecule has 0 bridgehead atoms. The van der Waals surface area contributed by atoms with E-state index in [0.29, 0.717) is 11.1 Å². The van der Waals surface area contributed by atoms with Gasteiger partial charge in [-0.25, -0.2) is 0 Å². The number of rotatable bonds is 0. The van der Waals surface area contributed by atoms with E-state index in [1.807, 2.05) is 30.3 Å². The van der Waals surface area contributed by atoms with E-state index in [2.05, 4.69) is 24.3 Å². The zero-order chi connectivity index (χ0) is 18.0. The van der Waals surface area contributed by atoms with Crippen LogP contribution in [0.3, 0.4) is 0 Å². The fourth-order valence-corrected chi connectivity index (χ4v) is 4.18. The van der Waals surface area contributed by atoms with Gasteiger partial charge in [0.15, 0.2) is 0 Å². The summed E-state index contributed by atoms with van der Waals surface area (Å²) in [7, 11) is 0. The minimum Gasteiger partial charge on any atom is -0.387 e. The first-order valence-electron chi connectivity index (χ1n) is 8.66. The minimum absolute atomic E-state index is 0.461. The van der Waals surface area contributed by atoms with Crippen molar-refractivity contribution in [2.24, 2.45) is 0 Å². The number of fused-ring (bicyclic) bond motifs is 6. The van der Waals surface area contributed by atoms with Crippen molar-refractivity contribution >= 4 is 32.3 Å². The molecule has 0 heterocycles. The highest BCUT2D eigenvalue weighted by atomic mass is 16.4. The van der Waals surface area contributed by atoms with Crippen LogP contribution >= 0.6 is 0 Å². The molecule has 130 valence electrons. The van der Waals surface area contributed by atoms with E-state index in [9.17, 15) is 20.4 Å². The summed E-state index contributed by atoms with van der Waals surface area (Å²) in [4.78, 5) is 0. The molecule has 4 N–H and O–H groups in total. The van der Waals surface area contributed by atoms with Crippen molar-refractivity contribution in [1.82, 2.24) is 0 Å². The first kappa shape index (κ1) is 15.7. The second kappa shape index (κ2) is 5.50. The maximum Gasteiger partial charge on any atom is 0.113 e. The largest absolute Gasteiger partial charge is 0.387 e. The number of hydrogen-bond donors (Lipinski definition) is 4. The fourth-order valence-electron chi connectivity index (χ4n) is 4.18. The van der Waals surface area contributed by atoms with Crippen LogP contribution in [0.15, 0.2) is 60.7 Å². The molecule has 0 fully saturated rings. The number of aliphatic hydroxyl groups is 4. The van der Waals surface area contributed by atoms with Crippen LogP contribution in [0.5, 0.6) is 0 Å². The molecule has 5 rings (SSSR count). The van der Waals surface area contributed by atoms with E-state index >= 15 is 0 Å². The third-order valence-electron chi connectivity index (χ3n) is 5.57. The van der Waals surface area contributed by atoms with Gasteiger partial charge < -0.3 is 20.4 Å². The van der Waals surface area contributed by atoms with Gasteiger partial charge in [0.1, 0.15) is 24.4 Å². The highest BCUT2D eigenvalue weighted by Gasteiger charge is 2.40. The van der Waals surface area contributed by atoms with E-state index in [1.165, 1.54) is 0 Å². The van der Waals surface area contributed by atoms with Gasteiger partial charge >= 0.3 is 0 Å². The molecular formula is C22H18O4. The van der Waals surface area contributed by atoms with Crippen LogP contribution in [-0.2, 0) is 0 Å². The van der Waals surface area contributed by atoms with Crippen molar-refractivity contribution in [2.45, 2.75) is 24.4 Å². The molecule has 0 saturated carbocycles. The molecule has 4 heteroatoms. The molecule has 0 radical (unpaired) electrons. The monoisotopic (exact) mass is 346 g/mol. The van der Waals surface area contributed by atoms with E-state index in [1.54, 1.807) is 6.07 Å². The average molecular weight is 346 g/mol. The van der Waals surface area contributed by atoms with Crippen molar-refractivity contribution in [3.8, 4) is 0 Å². The Kier molecular flexibility index (Phi) is 3.33. The molecule has 4 unspecified atom stereocenters. The summed E-state index contributed by atoms with van der Waals surface area (Å²) in [6.45, 7) is 0. The van der Waals surface area contributed by atoms with Crippen LogP contribution in [0.25, 0.3) is 32.3 Å². The second-order valence-electron chi connectivity index (χ2n) is 7.02. The molecule has 0 amide bonds. The molecule has 0 saturated heterocycles. The summed E-state index contributed by atoms with van der Waals surface area (Å²) in [5.41, 5.74) is 0.950. The minimum atomic E-state index is -1.42. The van der Waals surface area contributed by atoms with Gasteiger partial charge in [-0.3, -0.25) is 0 Å². The molecule has 4 aromatic carbocycles. The van der Waals surface area contributed by atoms with Crippen LogP contribution in [0.1, 0.15) is 23.3 Å². The van der Waals surface area contributed by atoms with Crippen molar-refractivity contribution < 1.29 is 20.4 Å². The Hall–Kier alpha value is -2.50. The zero-order valence-electron chi connectivity index (χ0n) is 13.9. The summed E-state index contributed by atoms with van der Waals surface area (Å²) >= 11 is 0. The van der Waals surface area contributed by atoms with Crippen LogP contribution in [0, 0.1) is 0 Å². The summed E-state index contributed by atoms with van der Waals surface area (Å²) in [5.74, 6) is 0. The summed E-state index contributed by atoms with van der Waals surface area (Å²) in [6, 6.07) is 19.9. The molecule has 4 atom stereocenters. The van der Waals surface area contributed by atoms with Crippen LogP contribution in [0.2, 0.25) is 0 Å². The highest BCUT2D eigenvalue weighted by molar-refractivity contribution is 6.12. The van der Waals surface area contributed by atoms with Gasteiger partial charge in [-0.2, -0.15) is 0 Å². The zero-order valence-corrected chi connectivity index (χ0v) is 13.9. The molecule has 0 aliphatic heterocycles. The molecule has 26 heavy (non-hydrogen) atoms. The lowest BCUT2D eigenvalue weighted by molar-refractivity contribution is -0.119. The van der Waals surface area contributed by atoms with Gasteiger partial charge in [0.2, 0.25) is 0 Å². The maximum absolute atomic E-state index is 10.5. The molecule has 4 nitrogen and oxygen atoms in total. The predicted octanol–water partition coefficient (Wildman–Crippen LogP) is 2.95. The lowest BCUT2D eigenvalue weighted by atomic mass is 9.80. The lowest BCUT2D eigenvalue weighted by Gasteiger charge is -2.35. The molecule has 4 aromatic rings. The average Bonchev–Trinajstić information content (AvgIpc) is 2.68. The normalized spacial score (nSPS) is 25.7. The predicted molar refractivity (Wildman–Crippen MR) is 101 cm³/mol. The third-order valence-corrected chi connectivity index (χ3v) is 5.57. The van der Waals surface area contributed by atoms with Gasteiger partial charge in [0.25, 0.3) is 0 Å². The van der Waals surface area contributed by atoms with Crippen LogP contribution in [0.4, 0.5) is 0 Å². The number of benzene rings is 4. The summed E-state index contributed by atoms with van der Waals surface area (Å²) < 4.78 is 0. The Morgan fingerprint density at radius 3 is 2.00 bits per heavy atom. The SMILES string of the molecule is OC1c2ccc3cc4c(ccc5ccccc54)cc3c2C(O)C(O)C1O. The highest BCUT2D eigenvalue weighted by Crippen LogP contribution is 2.42. The quantitative estimate of drug-likeness (QED) is 0.291. The van der Waals surface area contributed by atoms with Gasteiger partial charge in [0, 0.05) is 0 Å². The van der Waals surface area contributed by atoms with Crippen molar-refractivity contribution in [1.29, 1.82) is 0 Å².